The number of halogens is 1. The number of carboxylic acids is 1. The molecule has 0 spiro atoms. The van der Waals surface area contributed by atoms with Crippen LogP contribution in [0.5, 0.6) is 5.75 Å². The van der Waals surface area contributed by atoms with E-state index in [2.05, 4.69) is 0 Å². The molecule has 1 aromatic carbocycles. The van der Waals surface area contributed by atoms with Gasteiger partial charge in [-0.25, -0.2) is 4.39 Å². The van der Waals surface area contributed by atoms with Crippen LogP contribution in [0.4, 0.5) is 4.39 Å². The first kappa shape index (κ1) is 12.8. The standard InChI is InChI=1S/C13H16FNO3/c14-9-6-11(7-9)18-10-3-1-8(2-4-10)5-12(15)13(16)17/h1-4,9,11-12H,5-7,15H2,(H,16,17)/t9-,11+,12-/m0/s1/i14-1. The van der Waals surface area contributed by atoms with Crippen molar-refractivity contribution in [1.29, 1.82) is 0 Å². The molecule has 0 heterocycles. The number of carbonyl (C=O) groups is 1. The number of alkyl halides is 1. The SMILES string of the molecule is N[C@@H](Cc1ccc(O[C@H]2C[C@@H]([18F])C2)cc1)C(=O)O. The highest BCUT2D eigenvalue weighted by atomic mass is 18.2. The van der Waals surface area contributed by atoms with Crippen LogP contribution >= 0.6 is 0 Å². The van der Waals surface area contributed by atoms with Gasteiger partial charge in [-0.1, -0.05) is 12.1 Å². The molecule has 3 N–H and O–H groups in total. The summed E-state index contributed by atoms with van der Waals surface area (Å²) >= 11 is 0. The Kier molecular flexibility index (Phi) is 3.81. The molecule has 5 heteroatoms. The highest BCUT2D eigenvalue weighted by molar-refractivity contribution is 5.73. The normalized spacial score (nSPS) is 24.1. The summed E-state index contributed by atoms with van der Waals surface area (Å²) in [4.78, 5) is 10.6. The van der Waals surface area contributed by atoms with Crippen LogP contribution in [-0.2, 0) is 11.2 Å². The molecule has 4 nitrogen and oxygen atoms in total. The third-order valence-electron chi connectivity index (χ3n) is 3.04. The lowest BCUT2D eigenvalue weighted by Crippen LogP contribution is -2.34. The topological polar surface area (TPSA) is 72.5 Å². The molecule has 18 heavy (non-hydrogen) atoms. The van der Waals surface area contributed by atoms with Gasteiger partial charge in [0.25, 0.3) is 0 Å². The Morgan fingerprint density at radius 2 is 2.06 bits per heavy atom. The van der Waals surface area contributed by atoms with E-state index in [1.54, 1.807) is 24.3 Å². The number of carboxylic acid groups (broad SMARTS) is 1. The summed E-state index contributed by atoms with van der Waals surface area (Å²) in [5, 5.41) is 8.70. The molecule has 0 amide bonds. The second-order valence-corrected chi connectivity index (χ2v) is 4.60. The number of aliphatic carboxylic acids is 1. The maximum Gasteiger partial charge on any atom is 0.320 e. The molecule has 1 fully saturated rings. The van der Waals surface area contributed by atoms with E-state index in [1.165, 1.54) is 0 Å². The van der Waals surface area contributed by atoms with Gasteiger partial charge in [0.15, 0.2) is 0 Å². The van der Waals surface area contributed by atoms with Gasteiger partial charge in [-0.15, -0.1) is 0 Å². The fourth-order valence-electron chi connectivity index (χ4n) is 1.84. The zero-order valence-corrected chi connectivity index (χ0v) is 9.88. The van der Waals surface area contributed by atoms with Crippen LogP contribution in [-0.4, -0.2) is 29.4 Å². The first-order valence-corrected chi connectivity index (χ1v) is 5.92. The Labute approximate surface area is 105 Å². The van der Waals surface area contributed by atoms with Gasteiger partial charge in [0.2, 0.25) is 0 Å². The van der Waals surface area contributed by atoms with Crippen LogP contribution in [0.3, 0.4) is 0 Å². The zero-order valence-electron chi connectivity index (χ0n) is 9.88. The maximum absolute atomic E-state index is 12.6. The van der Waals surface area contributed by atoms with Gasteiger partial charge in [0, 0.05) is 12.8 Å². The van der Waals surface area contributed by atoms with Gasteiger partial charge < -0.3 is 15.6 Å². The van der Waals surface area contributed by atoms with Crippen LogP contribution in [0.25, 0.3) is 0 Å². The summed E-state index contributed by atoms with van der Waals surface area (Å²) in [5.74, 6) is -0.335. The summed E-state index contributed by atoms with van der Waals surface area (Å²) in [6, 6.07) is 6.19. The number of benzene rings is 1. The molecular weight excluding hydrogens is 236 g/mol. The smallest absolute Gasteiger partial charge is 0.320 e. The summed E-state index contributed by atoms with van der Waals surface area (Å²) in [6.45, 7) is 0. The van der Waals surface area contributed by atoms with Crippen molar-refractivity contribution >= 4 is 5.97 Å². The number of hydrogen-bond donors (Lipinski definition) is 2. The lowest BCUT2D eigenvalue weighted by Gasteiger charge is -2.30. The molecule has 0 saturated heterocycles. The Morgan fingerprint density at radius 3 is 2.56 bits per heavy atom. The minimum atomic E-state index is -1.02. The van der Waals surface area contributed by atoms with Gasteiger partial charge in [-0.2, -0.15) is 0 Å². The van der Waals surface area contributed by atoms with E-state index in [4.69, 9.17) is 15.6 Å². The minimum absolute atomic E-state index is 0.0351. The third kappa shape index (κ3) is 3.20. The fraction of sp³-hybridized carbons (Fsp3) is 0.462. The van der Waals surface area contributed by atoms with Gasteiger partial charge in [0.1, 0.15) is 24.1 Å². The van der Waals surface area contributed by atoms with Crippen LogP contribution in [0.15, 0.2) is 24.3 Å². The highest BCUT2D eigenvalue weighted by Gasteiger charge is 2.30. The monoisotopic (exact) mass is 252 g/mol. The molecule has 0 unspecified atom stereocenters. The van der Waals surface area contributed by atoms with E-state index in [1.807, 2.05) is 0 Å². The lowest BCUT2D eigenvalue weighted by molar-refractivity contribution is -0.138. The number of rotatable bonds is 5. The molecule has 0 aliphatic heterocycles. The Balaban J connectivity index is 1.87. The predicted molar refractivity (Wildman–Crippen MR) is 64.3 cm³/mol. The molecule has 2 rings (SSSR count). The van der Waals surface area contributed by atoms with Gasteiger partial charge in [-0.05, 0) is 24.1 Å². The molecular formula is C13H16FNO3. The summed E-state index contributed by atoms with van der Waals surface area (Å²) in [6.07, 6.45) is 0.415. The Bertz CT molecular complexity index is 415. The number of nitrogens with two attached hydrogens (primary N) is 1. The fourth-order valence-corrected chi connectivity index (χ4v) is 1.84. The number of hydrogen-bond acceptors (Lipinski definition) is 3. The summed E-state index contributed by atoms with van der Waals surface area (Å²) in [7, 11) is 0. The van der Waals surface area contributed by atoms with Gasteiger partial charge in [0.05, 0.1) is 0 Å². The third-order valence-corrected chi connectivity index (χ3v) is 3.04. The van der Waals surface area contributed by atoms with Crippen LogP contribution in [0, 0.1) is 0 Å². The lowest BCUT2D eigenvalue weighted by atomic mass is 9.93. The van der Waals surface area contributed by atoms with Crippen molar-refractivity contribution in [1.82, 2.24) is 0 Å². The van der Waals surface area contributed by atoms with Crippen molar-refractivity contribution < 1.29 is 19.0 Å². The molecule has 0 bridgehead atoms. The second kappa shape index (κ2) is 5.35. The maximum atomic E-state index is 12.6. The van der Waals surface area contributed by atoms with Crippen molar-refractivity contribution in [2.75, 3.05) is 0 Å². The van der Waals surface area contributed by atoms with E-state index in [0.29, 0.717) is 18.6 Å². The number of ether oxygens (including phenoxy) is 1. The van der Waals surface area contributed by atoms with E-state index < -0.39 is 18.2 Å². The Hall–Kier alpha value is -1.62. The van der Waals surface area contributed by atoms with Crippen molar-refractivity contribution in [2.45, 2.75) is 37.6 Å². The molecule has 1 saturated carbocycles. The summed E-state index contributed by atoms with van der Waals surface area (Å²) < 4.78 is 18.1. The first-order valence-electron chi connectivity index (χ1n) is 5.92. The van der Waals surface area contributed by atoms with Gasteiger partial charge in [-0.3, -0.25) is 4.79 Å². The molecule has 1 aliphatic rings. The molecule has 1 atom stereocenters. The van der Waals surface area contributed by atoms with Crippen LogP contribution < -0.4 is 10.5 Å². The van der Waals surface area contributed by atoms with Gasteiger partial charge >= 0.3 is 5.97 Å². The summed E-state index contributed by atoms with van der Waals surface area (Å²) in [5.41, 5.74) is 6.28. The van der Waals surface area contributed by atoms with Crippen molar-refractivity contribution in [3.63, 3.8) is 0 Å². The molecule has 1 aromatic rings. The quantitative estimate of drug-likeness (QED) is 0.833. The second-order valence-electron chi connectivity index (χ2n) is 4.60. The van der Waals surface area contributed by atoms with Crippen LogP contribution in [0.2, 0.25) is 0 Å². The van der Waals surface area contributed by atoms with Crippen molar-refractivity contribution in [2.24, 2.45) is 5.73 Å². The average molecular weight is 252 g/mol. The van der Waals surface area contributed by atoms with E-state index in [9.17, 15) is 9.18 Å². The molecule has 1 aliphatic carbocycles. The Morgan fingerprint density at radius 1 is 1.44 bits per heavy atom. The minimum Gasteiger partial charge on any atom is -0.490 e. The van der Waals surface area contributed by atoms with E-state index >= 15 is 0 Å². The van der Waals surface area contributed by atoms with Crippen LogP contribution in [0.1, 0.15) is 18.4 Å². The first-order chi connectivity index (χ1) is 8.54. The van der Waals surface area contributed by atoms with Crippen molar-refractivity contribution in [3.8, 4) is 5.75 Å². The molecule has 98 valence electrons. The largest absolute Gasteiger partial charge is 0.490 e. The average Bonchev–Trinajstić information content (AvgIpc) is 2.29. The van der Waals surface area contributed by atoms with E-state index in [-0.39, 0.29) is 12.5 Å². The zero-order chi connectivity index (χ0) is 13.1. The predicted octanol–water partition coefficient (Wildman–Crippen LogP) is 1.52. The van der Waals surface area contributed by atoms with E-state index in [0.717, 1.165) is 5.56 Å². The molecule has 0 radical (unpaired) electrons. The molecule has 0 aromatic heterocycles. The van der Waals surface area contributed by atoms with Crippen molar-refractivity contribution in [3.05, 3.63) is 29.8 Å². The highest BCUT2D eigenvalue weighted by Crippen LogP contribution is 2.28.